The molecule has 7 nitrogen and oxygen atoms in total. The molecule has 0 saturated carbocycles. The summed E-state index contributed by atoms with van der Waals surface area (Å²) in [6, 6.07) is 18.9. The number of pyridine rings is 1. The molecular formula is C27H23BrN2O5S. The highest BCUT2D eigenvalue weighted by Gasteiger charge is 2.30. The average molecular weight is 567 g/mol. The zero-order valence-electron chi connectivity index (χ0n) is 19.5. The fourth-order valence-corrected chi connectivity index (χ4v) is 6.18. The highest BCUT2D eigenvalue weighted by molar-refractivity contribution is 9.10. The summed E-state index contributed by atoms with van der Waals surface area (Å²) >= 11 is 3.44. The molecule has 1 N–H and O–H groups in total. The molecule has 0 saturated heterocycles. The Morgan fingerprint density at radius 2 is 1.72 bits per heavy atom. The first-order valence-corrected chi connectivity index (χ1v) is 13.8. The lowest BCUT2D eigenvalue weighted by atomic mass is 9.94. The molecular weight excluding hydrogens is 544 g/mol. The van der Waals surface area contributed by atoms with Crippen molar-refractivity contribution in [3.8, 4) is 11.4 Å². The van der Waals surface area contributed by atoms with E-state index in [0.717, 1.165) is 15.6 Å². The SMILES string of the molecule is CCOC(=O)c1cc2c(n1Cc1ccc(Br)cc1)-c1[nH]c(=O)c(S(=O)(=O)c3ccccc3)cc1CC2. The van der Waals surface area contributed by atoms with Crippen molar-refractivity contribution in [3.05, 3.63) is 104 Å². The van der Waals surface area contributed by atoms with Gasteiger partial charge in [0, 0.05) is 11.0 Å². The second-order valence-electron chi connectivity index (χ2n) is 8.52. The third-order valence-corrected chi connectivity index (χ3v) is 8.55. The van der Waals surface area contributed by atoms with Gasteiger partial charge in [0.1, 0.15) is 10.6 Å². The average Bonchev–Trinajstić information content (AvgIpc) is 3.24. The van der Waals surface area contributed by atoms with Crippen LogP contribution in [0.2, 0.25) is 0 Å². The van der Waals surface area contributed by atoms with E-state index >= 15 is 0 Å². The molecule has 36 heavy (non-hydrogen) atoms. The molecule has 0 radical (unpaired) electrons. The number of halogens is 1. The molecule has 9 heteroatoms. The number of H-pyrrole nitrogens is 1. The molecule has 0 spiro atoms. The Morgan fingerprint density at radius 3 is 2.42 bits per heavy atom. The maximum absolute atomic E-state index is 13.2. The first kappa shape index (κ1) is 24.3. The number of aromatic nitrogens is 2. The van der Waals surface area contributed by atoms with Gasteiger partial charge in [-0.2, -0.15) is 0 Å². The molecule has 0 fully saturated rings. The zero-order valence-corrected chi connectivity index (χ0v) is 21.9. The first-order chi connectivity index (χ1) is 17.3. The van der Waals surface area contributed by atoms with Crippen LogP contribution in [0.15, 0.2) is 85.8 Å². The third kappa shape index (κ3) is 4.33. The number of rotatable bonds is 6. The fraction of sp³-hybridized carbons (Fsp3) is 0.185. The monoisotopic (exact) mass is 566 g/mol. The Kier molecular flexibility index (Phi) is 6.44. The number of nitrogens with one attached hydrogen (secondary N) is 1. The Hall–Kier alpha value is -3.43. The van der Waals surface area contributed by atoms with Crippen molar-refractivity contribution >= 4 is 31.7 Å². The van der Waals surface area contributed by atoms with Crippen LogP contribution in [-0.4, -0.2) is 30.5 Å². The number of esters is 1. The van der Waals surface area contributed by atoms with E-state index in [4.69, 9.17) is 4.74 Å². The molecule has 2 aromatic carbocycles. The molecule has 0 bridgehead atoms. The van der Waals surface area contributed by atoms with E-state index in [1.165, 1.54) is 18.2 Å². The molecule has 1 aliphatic rings. The largest absolute Gasteiger partial charge is 0.461 e. The van der Waals surface area contributed by atoms with Crippen molar-refractivity contribution in [2.45, 2.75) is 36.1 Å². The van der Waals surface area contributed by atoms with E-state index in [0.29, 0.717) is 42.0 Å². The van der Waals surface area contributed by atoms with Gasteiger partial charge in [0.25, 0.3) is 5.56 Å². The summed E-state index contributed by atoms with van der Waals surface area (Å²) < 4.78 is 34.5. The maximum atomic E-state index is 13.2. The summed E-state index contributed by atoms with van der Waals surface area (Å²) in [7, 11) is -3.99. The molecule has 0 unspecified atom stereocenters. The number of carbonyl (C=O) groups is 1. The molecule has 0 amide bonds. The molecule has 184 valence electrons. The Balaban J connectivity index is 1.67. The highest BCUT2D eigenvalue weighted by Crippen LogP contribution is 2.36. The number of benzene rings is 2. The van der Waals surface area contributed by atoms with Gasteiger partial charge in [-0.3, -0.25) is 4.79 Å². The summed E-state index contributed by atoms with van der Waals surface area (Å²) in [4.78, 5) is 28.6. The number of aryl methyl sites for hydroxylation is 2. The van der Waals surface area contributed by atoms with Crippen LogP contribution in [0, 0.1) is 0 Å². The number of carbonyl (C=O) groups excluding carboxylic acids is 1. The zero-order chi connectivity index (χ0) is 25.4. The summed E-state index contributed by atoms with van der Waals surface area (Å²) in [5.41, 5.74) is 3.49. The van der Waals surface area contributed by atoms with Gasteiger partial charge in [0.05, 0.1) is 22.9 Å². The van der Waals surface area contributed by atoms with Gasteiger partial charge >= 0.3 is 5.97 Å². The van der Waals surface area contributed by atoms with Gasteiger partial charge in [-0.25, -0.2) is 13.2 Å². The first-order valence-electron chi connectivity index (χ1n) is 11.5. The van der Waals surface area contributed by atoms with Gasteiger partial charge in [0.15, 0.2) is 0 Å². The molecule has 2 heterocycles. The molecule has 0 atom stereocenters. The van der Waals surface area contributed by atoms with Crippen molar-refractivity contribution < 1.29 is 17.9 Å². The Morgan fingerprint density at radius 1 is 1.03 bits per heavy atom. The normalized spacial score (nSPS) is 12.6. The van der Waals surface area contributed by atoms with Crippen LogP contribution in [0.3, 0.4) is 0 Å². The highest BCUT2D eigenvalue weighted by atomic mass is 79.9. The second-order valence-corrected chi connectivity index (χ2v) is 11.3. The summed E-state index contributed by atoms with van der Waals surface area (Å²) in [6.07, 6.45) is 1.12. The van der Waals surface area contributed by atoms with Crippen LogP contribution in [0.5, 0.6) is 0 Å². The number of aromatic amines is 1. The van der Waals surface area contributed by atoms with Crippen LogP contribution >= 0.6 is 15.9 Å². The molecule has 4 aromatic rings. The Labute approximate surface area is 216 Å². The second kappa shape index (κ2) is 9.55. The van der Waals surface area contributed by atoms with Crippen molar-refractivity contribution in [2.75, 3.05) is 6.61 Å². The topological polar surface area (TPSA) is 98.2 Å². The van der Waals surface area contributed by atoms with E-state index in [1.807, 2.05) is 34.9 Å². The Bertz CT molecular complexity index is 1620. The predicted molar refractivity (Wildman–Crippen MR) is 139 cm³/mol. The molecule has 2 aromatic heterocycles. The summed E-state index contributed by atoms with van der Waals surface area (Å²) in [5.74, 6) is -0.448. The lowest BCUT2D eigenvalue weighted by Crippen LogP contribution is -2.22. The van der Waals surface area contributed by atoms with Crippen molar-refractivity contribution in [3.63, 3.8) is 0 Å². The van der Waals surface area contributed by atoms with E-state index in [2.05, 4.69) is 20.9 Å². The van der Waals surface area contributed by atoms with E-state index in [1.54, 1.807) is 25.1 Å². The van der Waals surface area contributed by atoms with Gasteiger partial charge in [0.2, 0.25) is 9.84 Å². The number of fused-ring (bicyclic) bond motifs is 3. The maximum Gasteiger partial charge on any atom is 0.354 e. The number of hydrogen-bond acceptors (Lipinski definition) is 5. The number of ether oxygens (including phenoxy) is 1. The minimum Gasteiger partial charge on any atom is -0.461 e. The predicted octanol–water partition coefficient (Wildman–Crippen LogP) is 4.76. The standard InChI is InChI=1S/C27H23BrN2O5S/c1-2-35-27(32)22-14-19-11-10-18-15-23(36(33,34)21-6-4-3-5-7-21)26(31)29-24(18)25(19)30(22)16-17-8-12-20(28)13-9-17/h3-9,12-15H,2,10-11,16H2,1H3,(H,29,31). The van der Waals surface area contributed by atoms with Gasteiger partial charge < -0.3 is 14.3 Å². The van der Waals surface area contributed by atoms with Crippen LogP contribution in [0.25, 0.3) is 11.4 Å². The lowest BCUT2D eigenvalue weighted by molar-refractivity contribution is 0.0514. The quantitative estimate of drug-likeness (QED) is 0.339. The van der Waals surface area contributed by atoms with Gasteiger partial charge in [-0.1, -0.05) is 46.3 Å². The molecule has 1 aliphatic carbocycles. The van der Waals surface area contributed by atoms with Gasteiger partial charge in [-0.05, 0) is 72.9 Å². The third-order valence-electron chi connectivity index (χ3n) is 6.25. The van der Waals surface area contributed by atoms with Crippen molar-refractivity contribution in [2.24, 2.45) is 0 Å². The van der Waals surface area contributed by atoms with E-state index in [9.17, 15) is 18.0 Å². The minimum absolute atomic E-state index is 0.0650. The van der Waals surface area contributed by atoms with Crippen LogP contribution in [0.4, 0.5) is 0 Å². The summed E-state index contributed by atoms with van der Waals surface area (Å²) in [5, 5.41) is 0. The van der Waals surface area contributed by atoms with E-state index < -0.39 is 21.4 Å². The summed E-state index contributed by atoms with van der Waals surface area (Å²) in [6.45, 7) is 2.37. The van der Waals surface area contributed by atoms with E-state index in [-0.39, 0.29) is 16.4 Å². The smallest absolute Gasteiger partial charge is 0.354 e. The van der Waals surface area contributed by atoms with Crippen molar-refractivity contribution in [1.29, 1.82) is 0 Å². The van der Waals surface area contributed by atoms with Gasteiger partial charge in [-0.15, -0.1) is 0 Å². The number of hydrogen-bond donors (Lipinski definition) is 1. The molecule has 5 rings (SSSR count). The molecule has 0 aliphatic heterocycles. The van der Waals surface area contributed by atoms with Crippen LogP contribution in [-0.2, 0) is 34.0 Å². The number of nitrogens with zero attached hydrogens (tertiary/aromatic N) is 1. The van der Waals surface area contributed by atoms with Crippen LogP contribution in [0.1, 0.15) is 34.1 Å². The van der Waals surface area contributed by atoms with Crippen molar-refractivity contribution in [1.82, 2.24) is 9.55 Å². The lowest BCUT2D eigenvalue weighted by Gasteiger charge is -2.21. The van der Waals surface area contributed by atoms with Crippen LogP contribution < -0.4 is 5.56 Å². The fourth-order valence-electron chi connectivity index (χ4n) is 4.56. The number of sulfone groups is 1. The minimum atomic E-state index is -3.99.